The van der Waals surface area contributed by atoms with E-state index in [0.717, 1.165) is 0 Å². The monoisotopic (exact) mass is 355 g/mol. The molecule has 0 bridgehead atoms. The fourth-order valence-corrected chi connectivity index (χ4v) is 1.56. The number of imidazole rings is 1. The Balaban J connectivity index is 0.000000433. The zero-order valence-electron chi connectivity index (χ0n) is 10.7. The summed E-state index contributed by atoms with van der Waals surface area (Å²) in [5.74, 6) is -0.186. The van der Waals surface area contributed by atoms with Gasteiger partial charge in [-0.3, -0.25) is 9.11 Å². The summed E-state index contributed by atoms with van der Waals surface area (Å²) in [6, 6.07) is 0. The summed E-state index contributed by atoms with van der Waals surface area (Å²) < 4.78 is 90.5. The maximum Gasteiger partial charge on any atom is 0.522 e. The standard InChI is InChI=1S/C7H12N2O3S.CHF3O3S/c1-8-4-5-9(7-8)3-2-6-13(10,11)12;2-1(3,4)8(5,6)7/h4-5,7H,2-3,6H2,1H3;(H,5,6,7)/p+1. The van der Waals surface area contributed by atoms with Gasteiger partial charge in [0.2, 0.25) is 6.33 Å². The van der Waals surface area contributed by atoms with E-state index in [-0.39, 0.29) is 5.75 Å². The first kappa shape index (κ1) is 19.8. The van der Waals surface area contributed by atoms with Crippen LogP contribution in [0.3, 0.4) is 0 Å². The molecule has 1 heterocycles. The number of alkyl halides is 3. The Labute approximate surface area is 119 Å². The van der Waals surface area contributed by atoms with Gasteiger partial charge in [0, 0.05) is 6.42 Å². The third kappa shape index (κ3) is 9.38. The van der Waals surface area contributed by atoms with Crippen LogP contribution in [-0.2, 0) is 33.8 Å². The van der Waals surface area contributed by atoms with Crippen molar-refractivity contribution in [3.8, 4) is 0 Å². The Morgan fingerprint density at radius 1 is 1.19 bits per heavy atom. The van der Waals surface area contributed by atoms with E-state index in [1.54, 1.807) is 0 Å². The minimum Gasteiger partial charge on any atom is -0.286 e. The first-order valence-corrected chi connectivity index (χ1v) is 8.27. The van der Waals surface area contributed by atoms with Gasteiger partial charge in [0.05, 0.1) is 19.3 Å². The van der Waals surface area contributed by atoms with E-state index in [1.165, 1.54) is 0 Å². The van der Waals surface area contributed by atoms with Crippen LogP contribution in [0.4, 0.5) is 13.2 Å². The van der Waals surface area contributed by atoms with Crippen LogP contribution in [0.2, 0.25) is 0 Å². The molecule has 8 nitrogen and oxygen atoms in total. The van der Waals surface area contributed by atoms with Crippen molar-refractivity contribution in [2.24, 2.45) is 7.05 Å². The highest BCUT2D eigenvalue weighted by Gasteiger charge is 2.44. The normalized spacial score (nSPS) is 12.7. The molecule has 13 heteroatoms. The highest BCUT2D eigenvalue weighted by Crippen LogP contribution is 2.20. The molecule has 0 aliphatic carbocycles. The third-order valence-electron chi connectivity index (χ3n) is 1.93. The molecule has 0 saturated carbocycles. The Morgan fingerprint density at radius 2 is 1.67 bits per heavy atom. The van der Waals surface area contributed by atoms with E-state index >= 15 is 0 Å². The maximum atomic E-state index is 10.7. The Morgan fingerprint density at radius 3 is 1.95 bits per heavy atom. The number of aromatic nitrogens is 2. The quantitative estimate of drug-likeness (QED) is 0.445. The number of aryl methyl sites for hydroxylation is 2. The molecule has 0 amide bonds. The molecule has 21 heavy (non-hydrogen) atoms. The van der Waals surface area contributed by atoms with Gasteiger partial charge < -0.3 is 0 Å². The van der Waals surface area contributed by atoms with Crippen molar-refractivity contribution in [3.63, 3.8) is 0 Å². The Hall–Kier alpha value is -1.18. The predicted octanol–water partition coefficient (Wildman–Crippen LogP) is -0.0155. The average molecular weight is 355 g/mol. The van der Waals surface area contributed by atoms with Gasteiger partial charge in [-0.25, -0.2) is 9.13 Å². The van der Waals surface area contributed by atoms with Crippen molar-refractivity contribution in [1.29, 1.82) is 0 Å². The van der Waals surface area contributed by atoms with Gasteiger partial charge in [-0.05, 0) is 0 Å². The summed E-state index contributed by atoms with van der Waals surface area (Å²) in [5.41, 5.74) is -5.53. The second-order valence-corrected chi connectivity index (χ2v) is 6.86. The SMILES string of the molecule is C[n+]1ccn(CCCS(=O)(=O)O)c1.O=S(=O)(O)C(F)(F)F. The molecule has 0 radical (unpaired) electrons. The summed E-state index contributed by atoms with van der Waals surface area (Å²) in [7, 11) is -7.76. The summed E-state index contributed by atoms with van der Waals surface area (Å²) >= 11 is 0. The largest absolute Gasteiger partial charge is 0.522 e. The van der Waals surface area contributed by atoms with Crippen LogP contribution in [0.5, 0.6) is 0 Å². The lowest BCUT2D eigenvalue weighted by atomic mass is 10.5. The summed E-state index contributed by atoms with van der Waals surface area (Å²) in [5, 5.41) is 0. The van der Waals surface area contributed by atoms with Crippen LogP contribution in [0.1, 0.15) is 6.42 Å². The molecule has 0 saturated heterocycles. The van der Waals surface area contributed by atoms with Crippen LogP contribution >= 0.6 is 0 Å². The number of nitrogens with zero attached hydrogens (tertiary/aromatic N) is 2. The Kier molecular flexibility index (Phi) is 6.79. The van der Waals surface area contributed by atoms with Crippen molar-refractivity contribution in [1.82, 2.24) is 4.57 Å². The van der Waals surface area contributed by atoms with E-state index in [4.69, 9.17) is 17.5 Å². The number of rotatable bonds is 4. The first-order valence-electron chi connectivity index (χ1n) is 5.22. The molecule has 1 aromatic heterocycles. The lowest BCUT2D eigenvalue weighted by molar-refractivity contribution is -0.671. The average Bonchev–Trinajstić information content (AvgIpc) is 2.60. The van der Waals surface area contributed by atoms with Crippen molar-refractivity contribution in [3.05, 3.63) is 18.7 Å². The van der Waals surface area contributed by atoms with E-state index in [1.807, 2.05) is 34.9 Å². The Bertz CT molecular complexity index is 650. The molecule has 0 fully saturated rings. The molecular formula is C8H14F3N2O6S2+. The molecule has 1 rings (SSSR count). The second kappa shape index (κ2) is 7.20. The van der Waals surface area contributed by atoms with Crippen LogP contribution in [0.25, 0.3) is 0 Å². The van der Waals surface area contributed by atoms with E-state index in [0.29, 0.717) is 13.0 Å². The van der Waals surface area contributed by atoms with E-state index < -0.39 is 25.7 Å². The molecule has 0 unspecified atom stereocenters. The zero-order chi connectivity index (χ0) is 16.9. The van der Waals surface area contributed by atoms with Gasteiger partial charge in [0.15, 0.2) is 0 Å². The van der Waals surface area contributed by atoms with Crippen molar-refractivity contribution >= 4 is 20.2 Å². The second-order valence-electron chi connectivity index (χ2n) is 3.88. The van der Waals surface area contributed by atoms with Gasteiger partial charge in [0.25, 0.3) is 10.1 Å². The smallest absolute Gasteiger partial charge is 0.286 e. The van der Waals surface area contributed by atoms with Crippen molar-refractivity contribution in [2.45, 2.75) is 18.5 Å². The minimum atomic E-state index is -5.84. The lowest BCUT2D eigenvalue weighted by Crippen LogP contribution is -2.23. The fraction of sp³-hybridized carbons (Fsp3) is 0.625. The number of hydrogen-bond donors (Lipinski definition) is 2. The minimum absolute atomic E-state index is 0.186. The number of halogens is 3. The van der Waals surface area contributed by atoms with Gasteiger partial charge in [0.1, 0.15) is 12.4 Å². The molecular weight excluding hydrogens is 341 g/mol. The van der Waals surface area contributed by atoms with Gasteiger partial charge >= 0.3 is 15.6 Å². The third-order valence-corrected chi connectivity index (χ3v) is 3.32. The van der Waals surface area contributed by atoms with Crippen molar-refractivity contribution < 1.29 is 43.7 Å². The van der Waals surface area contributed by atoms with Crippen LogP contribution in [0.15, 0.2) is 18.7 Å². The number of hydrogen-bond acceptors (Lipinski definition) is 4. The molecule has 0 aliphatic heterocycles. The molecule has 0 spiro atoms. The van der Waals surface area contributed by atoms with E-state index in [2.05, 4.69) is 0 Å². The predicted molar refractivity (Wildman–Crippen MR) is 64.2 cm³/mol. The first-order chi connectivity index (χ1) is 9.22. The van der Waals surface area contributed by atoms with Crippen LogP contribution in [0, 0.1) is 0 Å². The molecule has 2 N–H and O–H groups in total. The maximum absolute atomic E-state index is 10.7. The van der Waals surface area contributed by atoms with Gasteiger partial charge in [-0.15, -0.1) is 0 Å². The van der Waals surface area contributed by atoms with Crippen molar-refractivity contribution in [2.75, 3.05) is 5.75 Å². The summed E-state index contributed by atoms with van der Waals surface area (Å²) in [4.78, 5) is 0. The molecule has 0 aromatic carbocycles. The molecule has 1 aromatic rings. The van der Waals surface area contributed by atoms with Gasteiger partial charge in [-0.2, -0.15) is 30.0 Å². The molecule has 0 atom stereocenters. The molecule has 124 valence electrons. The zero-order valence-corrected chi connectivity index (χ0v) is 12.4. The van der Waals surface area contributed by atoms with Crippen LogP contribution in [-0.4, -0.2) is 41.8 Å². The lowest BCUT2D eigenvalue weighted by Gasteiger charge is -1.97. The summed E-state index contributed by atoms with van der Waals surface area (Å²) in [6.45, 7) is 0.598. The van der Waals surface area contributed by atoms with E-state index in [9.17, 15) is 21.6 Å². The van der Waals surface area contributed by atoms with Gasteiger partial charge in [-0.1, -0.05) is 0 Å². The van der Waals surface area contributed by atoms with Crippen LogP contribution < -0.4 is 4.57 Å². The highest BCUT2D eigenvalue weighted by molar-refractivity contribution is 7.86. The highest BCUT2D eigenvalue weighted by atomic mass is 32.2. The topological polar surface area (TPSA) is 118 Å². The molecule has 0 aliphatic rings. The summed E-state index contributed by atoms with van der Waals surface area (Å²) in [6.07, 6.45) is 5.99. The fourth-order valence-electron chi connectivity index (χ4n) is 1.06.